The van der Waals surface area contributed by atoms with Crippen LogP contribution in [0.25, 0.3) is 0 Å². The van der Waals surface area contributed by atoms with Crippen molar-refractivity contribution < 1.29 is 8.42 Å². The van der Waals surface area contributed by atoms with E-state index < -0.39 is 10.0 Å². The summed E-state index contributed by atoms with van der Waals surface area (Å²) in [4.78, 5) is 13.6. The number of hydrogen-bond acceptors (Lipinski definition) is 3. The topological polar surface area (TPSA) is 70.2 Å². The molecule has 0 radical (unpaired) electrons. The fourth-order valence-electron chi connectivity index (χ4n) is 2.19. The maximum Gasteiger partial charge on any atom is 0.247 e. The smallest absolute Gasteiger partial charge is 0.247 e. The Morgan fingerprint density at radius 1 is 1.20 bits per heavy atom. The summed E-state index contributed by atoms with van der Waals surface area (Å²) in [7, 11) is -3.57. The van der Waals surface area contributed by atoms with Crippen molar-refractivity contribution in [1.29, 1.82) is 0 Å². The van der Waals surface area contributed by atoms with Gasteiger partial charge in [0.1, 0.15) is 0 Å². The fraction of sp³-hybridized carbons (Fsp3) is 0.643. The van der Waals surface area contributed by atoms with Crippen LogP contribution in [0.5, 0.6) is 0 Å². The second-order valence-electron chi connectivity index (χ2n) is 5.33. The van der Waals surface area contributed by atoms with Crippen LogP contribution < -0.4 is 5.56 Å². The summed E-state index contributed by atoms with van der Waals surface area (Å²) in [6, 6.07) is 2.59. The van der Waals surface area contributed by atoms with E-state index in [1.807, 2.05) is 27.7 Å². The Morgan fingerprint density at radius 2 is 1.80 bits per heavy atom. The molecule has 0 aromatic carbocycles. The van der Waals surface area contributed by atoms with Crippen molar-refractivity contribution in [2.24, 2.45) is 5.92 Å². The molecule has 1 heterocycles. The van der Waals surface area contributed by atoms with E-state index in [9.17, 15) is 13.2 Å². The van der Waals surface area contributed by atoms with E-state index in [4.69, 9.17) is 0 Å². The molecule has 5 nitrogen and oxygen atoms in total. The molecule has 0 saturated carbocycles. The molecule has 0 fully saturated rings. The molecule has 0 amide bonds. The summed E-state index contributed by atoms with van der Waals surface area (Å²) < 4.78 is 27.0. The van der Waals surface area contributed by atoms with Gasteiger partial charge >= 0.3 is 0 Å². The molecule has 0 unspecified atom stereocenters. The number of nitrogens with one attached hydrogen (secondary N) is 1. The molecular weight excluding hydrogens is 276 g/mol. The number of aromatic amines is 1. The first-order chi connectivity index (χ1) is 9.32. The van der Waals surface area contributed by atoms with Crippen LogP contribution in [0.4, 0.5) is 0 Å². The number of aromatic nitrogens is 1. The Balaban J connectivity index is 3.22. The quantitative estimate of drug-likeness (QED) is 0.839. The average Bonchev–Trinajstić information content (AvgIpc) is 2.39. The van der Waals surface area contributed by atoms with Crippen LogP contribution in [0, 0.1) is 5.92 Å². The molecule has 0 bridgehead atoms. The van der Waals surface area contributed by atoms with Crippen LogP contribution in [0.1, 0.15) is 40.5 Å². The molecule has 0 aliphatic heterocycles. The highest BCUT2D eigenvalue weighted by atomic mass is 32.2. The van der Waals surface area contributed by atoms with E-state index in [2.05, 4.69) is 4.98 Å². The molecule has 0 spiro atoms. The highest BCUT2D eigenvalue weighted by Crippen LogP contribution is 2.21. The lowest BCUT2D eigenvalue weighted by atomic mass is 10.1. The van der Waals surface area contributed by atoms with Gasteiger partial charge in [-0.05, 0) is 24.8 Å². The van der Waals surface area contributed by atoms with E-state index >= 15 is 0 Å². The molecule has 0 aliphatic carbocycles. The maximum absolute atomic E-state index is 12.7. The molecule has 1 N–H and O–H groups in total. The first kappa shape index (κ1) is 16.9. The van der Waals surface area contributed by atoms with Gasteiger partial charge in [0, 0.05) is 24.8 Å². The van der Waals surface area contributed by atoms with Crippen molar-refractivity contribution in [3.63, 3.8) is 0 Å². The molecular formula is C14H24N2O3S. The molecule has 6 heteroatoms. The lowest BCUT2D eigenvalue weighted by molar-refractivity contribution is 0.277. The van der Waals surface area contributed by atoms with Gasteiger partial charge in [0.15, 0.2) is 0 Å². The Bertz CT molecular complexity index is 554. The zero-order valence-corrected chi connectivity index (χ0v) is 13.4. The van der Waals surface area contributed by atoms with Crippen molar-refractivity contribution in [3.05, 3.63) is 28.7 Å². The van der Waals surface area contributed by atoms with Gasteiger partial charge in [-0.25, -0.2) is 8.42 Å². The Morgan fingerprint density at radius 3 is 2.20 bits per heavy atom. The Kier molecular flexibility index (Phi) is 5.95. The summed E-state index contributed by atoms with van der Waals surface area (Å²) in [6.45, 7) is 8.46. The summed E-state index contributed by atoms with van der Waals surface area (Å²) in [6.07, 6.45) is 2.81. The molecule has 1 aromatic rings. The molecule has 20 heavy (non-hydrogen) atoms. The number of H-pyrrole nitrogens is 1. The van der Waals surface area contributed by atoms with Crippen LogP contribution in [-0.2, 0) is 10.0 Å². The summed E-state index contributed by atoms with van der Waals surface area (Å²) >= 11 is 0. The van der Waals surface area contributed by atoms with Gasteiger partial charge in [0.25, 0.3) is 0 Å². The normalized spacial score (nSPS) is 12.6. The number of pyridine rings is 1. The summed E-state index contributed by atoms with van der Waals surface area (Å²) in [5.74, 6) is 0.244. The van der Waals surface area contributed by atoms with Gasteiger partial charge in [0.05, 0.1) is 4.90 Å². The van der Waals surface area contributed by atoms with E-state index in [1.54, 1.807) is 4.31 Å². The number of hydrogen-bond donors (Lipinski definition) is 1. The van der Waals surface area contributed by atoms with Crippen LogP contribution in [0.3, 0.4) is 0 Å². The van der Waals surface area contributed by atoms with Crippen molar-refractivity contribution >= 4 is 10.0 Å². The summed E-state index contributed by atoms with van der Waals surface area (Å²) in [5.41, 5.74) is -0.304. The van der Waals surface area contributed by atoms with Gasteiger partial charge in [-0.3, -0.25) is 4.79 Å². The van der Waals surface area contributed by atoms with E-state index in [0.29, 0.717) is 6.54 Å². The molecule has 0 atom stereocenters. The first-order valence-electron chi connectivity index (χ1n) is 7.03. The van der Waals surface area contributed by atoms with Crippen LogP contribution >= 0.6 is 0 Å². The van der Waals surface area contributed by atoms with Crippen LogP contribution in [-0.4, -0.2) is 30.3 Å². The third-order valence-electron chi connectivity index (χ3n) is 3.26. The van der Waals surface area contributed by atoms with E-state index in [1.165, 1.54) is 18.3 Å². The van der Waals surface area contributed by atoms with E-state index in [0.717, 1.165) is 12.8 Å². The van der Waals surface area contributed by atoms with Gasteiger partial charge in [-0.2, -0.15) is 4.31 Å². The predicted molar refractivity (Wildman–Crippen MR) is 80.2 cm³/mol. The average molecular weight is 300 g/mol. The van der Waals surface area contributed by atoms with Crippen molar-refractivity contribution in [2.75, 3.05) is 6.54 Å². The minimum absolute atomic E-state index is 0.0191. The van der Waals surface area contributed by atoms with Gasteiger partial charge in [0.2, 0.25) is 15.6 Å². The van der Waals surface area contributed by atoms with Gasteiger partial charge < -0.3 is 4.98 Å². The number of rotatable bonds is 7. The molecule has 1 rings (SSSR count). The highest BCUT2D eigenvalue weighted by Gasteiger charge is 2.30. The van der Waals surface area contributed by atoms with Crippen LogP contribution in [0.15, 0.2) is 28.0 Å². The standard InChI is InChI=1S/C14H24N2O3S/c1-5-12(6-2)16(10-11(3)4)20(18,19)13-7-8-14(17)15-9-13/h7-9,11-12H,5-6,10H2,1-4H3,(H,15,17). The zero-order valence-electron chi connectivity index (χ0n) is 12.6. The monoisotopic (exact) mass is 300 g/mol. The van der Waals surface area contributed by atoms with E-state index in [-0.39, 0.29) is 22.4 Å². The fourth-order valence-corrected chi connectivity index (χ4v) is 4.10. The largest absolute Gasteiger partial charge is 0.328 e. The highest BCUT2D eigenvalue weighted by molar-refractivity contribution is 7.89. The predicted octanol–water partition coefficient (Wildman–Crippen LogP) is 2.21. The van der Waals surface area contributed by atoms with Gasteiger partial charge in [-0.1, -0.05) is 27.7 Å². The number of sulfonamides is 1. The molecule has 0 aliphatic rings. The second kappa shape index (κ2) is 7.04. The molecule has 1 aromatic heterocycles. The Labute approximate surface area is 121 Å². The van der Waals surface area contributed by atoms with Crippen LogP contribution in [0.2, 0.25) is 0 Å². The second-order valence-corrected chi connectivity index (χ2v) is 7.22. The van der Waals surface area contributed by atoms with Crippen molar-refractivity contribution in [2.45, 2.75) is 51.5 Å². The number of nitrogens with zero attached hydrogens (tertiary/aromatic N) is 1. The minimum Gasteiger partial charge on any atom is -0.328 e. The lowest BCUT2D eigenvalue weighted by Gasteiger charge is -2.30. The summed E-state index contributed by atoms with van der Waals surface area (Å²) in [5, 5.41) is 0. The third-order valence-corrected chi connectivity index (χ3v) is 5.17. The van der Waals surface area contributed by atoms with Crippen molar-refractivity contribution in [3.8, 4) is 0 Å². The first-order valence-corrected chi connectivity index (χ1v) is 8.47. The molecule has 114 valence electrons. The van der Waals surface area contributed by atoms with Gasteiger partial charge in [-0.15, -0.1) is 0 Å². The maximum atomic E-state index is 12.7. The third kappa shape index (κ3) is 3.93. The zero-order chi connectivity index (χ0) is 15.3. The van der Waals surface area contributed by atoms with Crippen molar-refractivity contribution in [1.82, 2.24) is 9.29 Å². The lowest BCUT2D eigenvalue weighted by Crippen LogP contribution is -2.42. The Hall–Kier alpha value is -1.14. The molecule has 0 saturated heterocycles. The minimum atomic E-state index is -3.57. The SMILES string of the molecule is CCC(CC)N(CC(C)C)S(=O)(=O)c1ccc(=O)[nH]c1.